The first kappa shape index (κ1) is 11.7. The average molecular weight is 258 g/mol. The Bertz CT molecular complexity index is 541. The number of nitrogens with zero attached hydrogens (tertiary/aromatic N) is 1. The number of H-pyrrole nitrogens is 1. The van der Waals surface area contributed by atoms with Crippen LogP contribution < -0.4 is 0 Å². The first-order valence-corrected chi connectivity index (χ1v) is 7.59. The molecule has 2 atom stereocenters. The van der Waals surface area contributed by atoms with E-state index in [-0.39, 0.29) is 5.92 Å². The van der Waals surface area contributed by atoms with Gasteiger partial charge < -0.3 is 9.88 Å². The number of aryl methyl sites for hydroxylation is 1. The molecule has 1 aromatic heterocycles. The summed E-state index contributed by atoms with van der Waals surface area (Å²) in [4.78, 5) is 18.8. The third-order valence-electron chi connectivity index (χ3n) is 5.31. The smallest absolute Gasteiger partial charge is 0.169 e. The van der Waals surface area contributed by atoms with Crippen molar-refractivity contribution in [1.82, 2.24) is 9.88 Å². The quantitative estimate of drug-likeness (QED) is 0.840. The van der Waals surface area contributed by atoms with Crippen molar-refractivity contribution in [2.24, 2.45) is 11.8 Å². The molecule has 4 rings (SSSR count). The van der Waals surface area contributed by atoms with Crippen molar-refractivity contribution in [3.05, 3.63) is 22.5 Å². The minimum absolute atomic E-state index is 0.249. The molecule has 0 amide bonds. The molecular formula is C16H22N2O. The summed E-state index contributed by atoms with van der Waals surface area (Å²) in [7, 11) is 2.14. The van der Waals surface area contributed by atoms with Crippen molar-refractivity contribution in [2.75, 3.05) is 20.1 Å². The number of carbonyl (C=O) groups excluding carboxylic acids is 1. The van der Waals surface area contributed by atoms with Crippen molar-refractivity contribution in [3.63, 3.8) is 0 Å². The number of aromatic amines is 1. The van der Waals surface area contributed by atoms with Crippen LogP contribution in [0.4, 0.5) is 0 Å². The minimum Gasteiger partial charge on any atom is -0.362 e. The number of ketones is 1. The van der Waals surface area contributed by atoms with Crippen molar-refractivity contribution in [2.45, 2.75) is 38.5 Å². The molecular weight excluding hydrogens is 236 g/mol. The second kappa shape index (κ2) is 3.95. The molecule has 0 radical (unpaired) electrons. The Morgan fingerprint density at radius 2 is 2.05 bits per heavy atom. The molecule has 102 valence electrons. The molecule has 2 fully saturated rings. The Balaban J connectivity index is 1.77. The van der Waals surface area contributed by atoms with Crippen molar-refractivity contribution in [1.29, 1.82) is 0 Å². The van der Waals surface area contributed by atoms with Gasteiger partial charge in [-0.2, -0.15) is 0 Å². The second-order valence-electron chi connectivity index (χ2n) is 6.78. The predicted octanol–water partition coefficient (Wildman–Crippen LogP) is 2.51. The van der Waals surface area contributed by atoms with Crippen LogP contribution in [0.15, 0.2) is 0 Å². The molecule has 3 aliphatic rings. The number of Topliss-reactive ketones (excluding diaryl/α,β-unsaturated/α-hetero) is 1. The highest BCUT2D eigenvalue weighted by Crippen LogP contribution is 2.47. The molecule has 1 aromatic rings. The number of rotatable bonds is 1. The molecule has 1 saturated carbocycles. The fourth-order valence-electron chi connectivity index (χ4n) is 4.18. The van der Waals surface area contributed by atoms with Crippen LogP contribution in [0.3, 0.4) is 0 Å². The van der Waals surface area contributed by atoms with Crippen LogP contribution in [-0.2, 0) is 6.42 Å². The second-order valence-corrected chi connectivity index (χ2v) is 6.78. The molecule has 3 nitrogen and oxygen atoms in total. The van der Waals surface area contributed by atoms with E-state index in [0.717, 1.165) is 25.1 Å². The molecule has 2 aliphatic carbocycles. The highest BCUT2D eigenvalue weighted by Gasteiger charge is 2.43. The molecule has 0 aromatic carbocycles. The van der Waals surface area contributed by atoms with E-state index in [1.54, 1.807) is 0 Å². The maximum atomic E-state index is 12.9. The zero-order valence-electron chi connectivity index (χ0n) is 11.8. The molecule has 1 saturated heterocycles. The van der Waals surface area contributed by atoms with Crippen molar-refractivity contribution < 1.29 is 4.79 Å². The largest absolute Gasteiger partial charge is 0.362 e. The van der Waals surface area contributed by atoms with Gasteiger partial charge in [-0.1, -0.05) is 0 Å². The number of piperidine rings is 1. The van der Waals surface area contributed by atoms with Crippen molar-refractivity contribution >= 4 is 5.78 Å². The molecule has 19 heavy (non-hydrogen) atoms. The predicted molar refractivity (Wildman–Crippen MR) is 74.6 cm³/mol. The van der Waals surface area contributed by atoms with Gasteiger partial charge in [-0.15, -0.1) is 0 Å². The van der Waals surface area contributed by atoms with Gasteiger partial charge in [-0.25, -0.2) is 0 Å². The maximum absolute atomic E-state index is 12.9. The van der Waals surface area contributed by atoms with Gasteiger partial charge in [0.15, 0.2) is 5.78 Å². The fraction of sp³-hybridized carbons (Fsp3) is 0.688. The normalized spacial score (nSPS) is 31.2. The Kier molecular flexibility index (Phi) is 2.44. The number of fused-ring (bicyclic) bond motifs is 2. The summed E-state index contributed by atoms with van der Waals surface area (Å²) in [5.74, 6) is 1.92. The van der Waals surface area contributed by atoms with Crippen LogP contribution in [0.25, 0.3) is 0 Å². The van der Waals surface area contributed by atoms with Gasteiger partial charge in [0.25, 0.3) is 0 Å². The Labute approximate surface area is 114 Å². The van der Waals surface area contributed by atoms with Crippen LogP contribution in [0.5, 0.6) is 0 Å². The topological polar surface area (TPSA) is 36.1 Å². The molecule has 0 spiro atoms. The van der Waals surface area contributed by atoms with Gasteiger partial charge in [0, 0.05) is 29.4 Å². The lowest BCUT2D eigenvalue weighted by atomic mass is 9.72. The van der Waals surface area contributed by atoms with Gasteiger partial charge in [0.2, 0.25) is 0 Å². The lowest BCUT2D eigenvalue weighted by Gasteiger charge is -2.38. The van der Waals surface area contributed by atoms with Gasteiger partial charge in [-0.05, 0) is 63.6 Å². The molecule has 0 unspecified atom stereocenters. The van der Waals surface area contributed by atoms with E-state index in [1.807, 2.05) is 0 Å². The summed E-state index contributed by atoms with van der Waals surface area (Å²) in [5.41, 5.74) is 4.96. The standard InChI is InChI=1S/C16H22N2O/c1-9-14(10-3-4-10)15-13(17-9)7-11-5-6-18(2)8-12(11)16(15)19/h10-12,17H,3-8H2,1-2H3/t11-,12+/m0/s1. The number of likely N-dealkylation sites (tertiary alicyclic amines) is 1. The number of hydrogen-bond donors (Lipinski definition) is 1. The van der Waals surface area contributed by atoms with Gasteiger partial charge in [-0.3, -0.25) is 4.79 Å². The van der Waals surface area contributed by atoms with E-state index >= 15 is 0 Å². The Morgan fingerprint density at radius 1 is 1.26 bits per heavy atom. The molecule has 1 aliphatic heterocycles. The van der Waals surface area contributed by atoms with Gasteiger partial charge in [0.1, 0.15) is 0 Å². The highest BCUT2D eigenvalue weighted by atomic mass is 16.1. The van der Waals surface area contributed by atoms with Crippen LogP contribution in [-0.4, -0.2) is 35.8 Å². The number of nitrogens with one attached hydrogen (secondary N) is 1. The SMILES string of the molecule is Cc1[nH]c2c(c1C1CC1)C(=O)[C@@H]1CN(C)CC[C@H]1C2. The maximum Gasteiger partial charge on any atom is 0.169 e. The third-order valence-corrected chi connectivity index (χ3v) is 5.31. The van der Waals surface area contributed by atoms with E-state index in [2.05, 4.69) is 23.9 Å². The summed E-state index contributed by atoms with van der Waals surface area (Å²) in [6.45, 7) is 4.24. The van der Waals surface area contributed by atoms with Gasteiger partial charge in [0.05, 0.1) is 0 Å². The average Bonchev–Trinajstić information content (AvgIpc) is 3.14. The molecule has 2 heterocycles. The molecule has 1 N–H and O–H groups in total. The van der Waals surface area contributed by atoms with E-state index < -0.39 is 0 Å². The van der Waals surface area contributed by atoms with Crippen molar-refractivity contribution in [3.8, 4) is 0 Å². The zero-order chi connectivity index (χ0) is 13.1. The summed E-state index contributed by atoms with van der Waals surface area (Å²) in [6, 6.07) is 0. The zero-order valence-corrected chi connectivity index (χ0v) is 11.8. The molecule has 0 bridgehead atoms. The fourth-order valence-corrected chi connectivity index (χ4v) is 4.18. The van der Waals surface area contributed by atoms with E-state index in [0.29, 0.717) is 17.6 Å². The van der Waals surface area contributed by atoms with E-state index in [9.17, 15) is 4.79 Å². The van der Waals surface area contributed by atoms with Crippen LogP contribution in [0.2, 0.25) is 0 Å². The lowest BCUT2D eigenvalue weighted by Crippen LogP contribution is -2.45. The monoisotopic (exact) mass is 258 g/mol. The summed E-state index contributed by atoms with van der Waals surface area (Å²) in [5, 5.41) is 0. The minimum atomic E-state index is 0.249. The van der Waals surface area contributed by atoms with Crippen LogP contribution in [0.1, 0.15) is 52.5 Å². The lowest BCUT2D eigenvalue weighted by molar-refractivity contribution is 0.0705. The van der Waals surface area contributed by atoms with E-state index in [1.165, 1.54) is 36.2 Å². The first-order valence-electron chi connectivity index (χ1n) is 7.59. The van der Waals surface area contributed by atoms with Crippen LogP contribution in [0, 0.1) is 18.8 Å². The van der Waals surface area contributed by atoms with E-state index in [4.69, 9.17) is 0 Å². The summed E-state index contributed by atoms with van der Waals surface area (Å²) < 4.78 is 0. The number of aromatic nitrogens is 1. The Hall–Kier alpha value is -1.09. The number of hydrogen-bond acceptors (Lipinski definition) is 2. The molecule has 3 heteroatoms. The highest BCUT2D eigenvalue weighted by molar-refractivity contribution is 6.02. The summed E-state index contributed by atoms with van der Waals surface area (Å²) in [6.07, 6.45) is 4.80. The van der Waals surface area contributed by atoms with Gasteiger partial charge >= 0.3 is 0 Å². The summed E-state index contributed by atoms with van der Waals surface area (Å²) >= 11 is 0. The third kappa shape index (κ3) is 1.71. The first-order chi connectivity index (χ1) is 9.15. The Morgan fingerprint density at radius 3 is 2.79 bits per heavy atom. The number of carbonyl (C=O) groups is 1. The van der Waals surface area contributed by atoms with Crippen LogP contribution >= 0.6 is 0 Å².